The Bertz CT molecular complexity index is 629. The molecule has 96 valence electrons. The van der Waals surface area contributed by atoms with Gasteiger partial charge < -0.3 is 4.90 Å². The molecular formula is C16H15BrN2. The minimum atomic E-state index is 0.689. The lowest BCUT2D eigenvalue weighted by Crippen LogP contribution is -2.12. The van der Waals surface area contributed by atoms with Gasteiger partial charge in [-0.05, 0) is 36.2 Å². The maximum Gasteiger partial charge on any atom is 0.101 e. The maximum absolute atomic E-state index is 9.18. The second kappa shape index (κ2) is 5.90. The van der Waals surface area contributed by atoms with E-state index in [1.807, 2.05) is 31.3 Å². The van der Waals surface area contributed by atoms with Crippen molar-refractivity contribution < 1.29 is 0 Å². The monoisotopic (exact) mass is 314 g/mol. The molecule has 0 aromatic heterocycles. The quantitative estimate of drug-likeness (QED) is 0.778. The highest BCUT2D eigenvalue weighted by molar-refractivity contribution is 9.08. The number of para-hydroxylation sites is 1. The van der Waals surface area contributed by atoms with Crippen molar-refractivity contribution >= 4 is 27.3 Å². The molecule has 19 heavy (non-hydrogen) atoms. The molecule has 0 radical (unpaired) electrons. The average molecular weight is 315 g/mol. The molecule has 0 fully saturated rings. The van der Waals surface area contributed by atoms with E-state index in [0.717, 1.165) is 16.7 Å². The highest BCUT2D eigenvalue weighted by atomic mass is 79.9. The molecule has 0 aliphatic rings. The molecule has 0 bridgehead atoms. The third kappa shape index (κ3) is 2.80. The van der Waals surface area contributed by atoms with Gasteiger partial charge >= 0.3 is 0 Å². The highest BCUT2D eigenvalue weighted by Gasteiger charge is 2.10. The van der Waals surface area contributed by atoms with E-state index in [4.69, 9.17) is 0 Å². The summed E-state index contributed by atoms with van der Waals surface area (Å²) in [6, 6.07) is 16.2. The zero-order valence-electron chi connectivity index (χ0n) is 11.0. The van der Waals surface area contributed by atoms with Crippen LogP contribution in [0.4, 0.5) is 11.4 Å². The minimum absolute atomic E-state index is 0.689. The summed E-state index contributed by atoms with van der Waals surface area (Å²) in [7, 11) is 1.99. The van der Waals surface area contributed by atoms with E-state index >= 15 is 0 Å². The van der Waals surface area contributed by atoms with Gasteiger partial charge in [-0.25, -0.2) is 0 Å². The Kier molecular flexibility index (Phi) is 4.24. The highest BCUT2D eigenvalue weighted by Crippen LogP contribution is 2.29. The van der Waals surface area contributed by atoms with E-state index in [2.05, 4.69) is 52.0 Å². The van der Waals surface area contributed by atoms with E-state index in [9.17, 15) is 5.26 Å². The first kappa shape index (κ1) is 13.6. The van der Waals surface area contributed by atoms with Crippen molar-refractivity contribution in [3.63, 3.8) is 0 Å². The van der Waals surface area contributed by atoms with E-state index in [1.54, 1.807) is 0 Å². The fraction of sp³-hybridized carbons (Fsp3) is 0.188. The Hall–Kier alpha value is -1.79. The van der Waals surface area contributed by atoms with Crippen molar-refractivity contribution in [1.82, 2.24) is 0 Å². The molecule has 0 aliphatic heterocycles. The fourth-order valence-corrected chi connectivity index (χ4v) is 2.52. The number of halogens is 1. The molecule has 0 atom stereocenters. The van der Waals surface area contributed by atoms with E-state index < -0.39 is 0 Å². The van der Waals surface area contributed by atoms with Crippen molar-refractivity contribution in [1.29, 1.82) is 5.26 Å². The van der Waals surface area contributed by atoms with Gasteiger partial charge in [0.1, 0.15) is 6.07 Å². The van der Waals surface area contributed by atoms with E-state index in [0.29, 0.717) is 5.56 Å². The van der Waals surface area contributed by atoms with Crippen LogP contribution in [0.1, 0.15) is 16.7 Å². The summed E-state index contributed by atoms with van der Waals surface area (Å²) >= 11 is 3.46. The normalized spacial score (nSPS) is 10.0. The van der Waals surface area contributed by atoms with Gasteiger partial charge in [-0.1, -0.05) is 40.2 Å². The van der Waals surface area contributed by atoms with E-state index in [-0.39, 0.29) is 0 Å². The molecule has 0 saturated heterocycles. The van der Waals surface area contributed by atoms with Crippen LogP contribution >= 0.6 is 15.9 Å². The molecule has 0 saturated carbocycles. The number of benzene rings is 2. The lowest BCUT2D eigenvalue weighted by Gasteiger charge is -2.23. The predicted molar refractivity (Wildman–Crippen MR) is 83.0 cm³/mol. The second-order valence-electron chi connectivity index (χ2n) is 4.44. The summed E-state index contributed by atoms with van der Waals surface area (Å²) in [5.74, 6) is 0. The second-order valence-corrected chi connectivity index (χ2v) is 5.00. The van der Waals surface area contributed by atoms with Crippen molar-refractivity contribution in [2.45, 2.75) is 12.3 Å². The smallest absolute Gasteiger partial charge is 0.101 e. The van der Waals surface area contributed by atoms with Crippen molar-refractivity contribution in [2.75, 3.05) is 11.9 Å². The number of nitriles is 1. The first-order valence-corrected chi connectivity index (χ1v) is 7.18. The molecule has 2 aromatic rings. The fourth-order valence-electron chi connectivity index (χ4n) is 2.17. The minimum Gasteiger partial charge on any atom is -0.343 e. The Labute approximate surface area is 122 Å². The molecular weight excluding hydrogens is 300 g/mol. The zero-order valence-corrected chi connectivity index (χ0v) is 12.6. The number of anilines is 2. The number of hydrogen-bond acceptors (Lipinski definition) is 2. The number of nitrogens with zero attached hydrogens (tertiary/aromatic N) is 2. The van der Waals surface area contributed by atoms with Gasteiger partial charge in [0.2, 0.25) is 0 Å². The molecule has 0 aliphatic carbocycles. The van der Waals surface area contributed by atoms with Crippen molar-refractivity contribution in [3.05, 3.63) is 59.2 Å². The van der Waals surface area contributed by atoms with Crippen LogP contribution in [-0.2, 0) is 5.33 Å². The molecule has 2 aromatic carbocycles. The summed E-state index contributed by atoms with van der Waals surface area (Å²) < 4.78 is 0. The van der Waals surface area contributed by atoms with Crippen LogP contribution in [0.2, 0.25) is 0 Å². The molecule has 0 N–H and O–H groups in total. The molecule has 2 rings (SSSR count). The van der Waals surface area contributed by atoms with Gasteiger partial charge in [0.05, 0.1) is 11.3 Å². The first-order chi connectivity index (χ1) is 9.17. The first-order valence-electron chi connectivity index (χ1n) is 6.05. The molecule has 0 spiro atoms. The summed E-state index contributed by atoms with van der Waals surface area (Å²) in [5, 5.41) is 10.0. The molecule has 3 heteroatoms. The van der Waals surface area contributed by atoms with Gasteiger partial charge in [-0.15, -0.1) is 0 Å². The Morgan fingerprint density at radius 3 is 2.53 bits per heavy atom. The van der Waals surface area contributed by atoms with Gasteiger partial charge in [-0.2, -0.15) is 5.26 Å². The summed E-state index contributed by atoms with van der Waals surface area (Å²) in [6.45, 7) is 2.09. The molecule has 2 nitrogen and oxygen atoms in total. The van der Waals surface area contributed by atoms with Crippen LogP contribution < -0.4 is 4.90 Å². The van der Waals surface area contributed by atoms with E-state index in [1.165, 1.54) is 11.1 Å². The lowest BCUT2D eigenvalue weighted by molar-refractivity contribution is 1.17. The largest absolute Gasteiger partial charge is 0.343 e. The number of alkyl halides is 1. The number of hydrogen-bond donors (Lipinski definition) is 0. The SMILES string of the molecule is Cc1cc(CBr)ccc1N(C)c1ccccc1C#N. The Morgan fingerprint density at radius 2 is 1.89 bits per heavy atom. The maximum atomic E-state index is 9.18. The van der Waals surface area contributed by atoms with Gasteiger partial charge in [0, 0.05) is 18.1 Å². The topological polar surface area (TPSA) is 27.0 Å². The molecule has 0 unspecified atom stereocenters. The molecule has 0 heterocycles. The third-order valence-corrected chi connectivity index (χ3v) is 3.81. The summed E-state index contributed by atoms with van der Waals surface area (Å²) in [4.78, 5) is 2.06. The van der Waals surface area contributed by atoms with Gasteiger partial charge in [0.25, 0.3) is 0 Å². The van der Waals surface area contributed by atoms with Crippen molar-refractivity contribution in [2.24, 2.45) is 0 Å². The van der Waals surface area contributed by atoms with Crippen LogP contribution in [-0.4, -0.2) is 7.05 Å². The summed E-state index contributed by atoms with van der Waals surface area (Å²) in [6.07, 6.45) is 0. The van der Waals surface area contributed by atoms with Crippen LogP contribution in [0.5, 0.6) is 0 Å². The standard InChI is InChI=1S/C16H15BrN2/c1-12-9-13(10-17)7-8-15(12)19(2)16-6-4-3-5-14(16)11-18/h3-9H,10H2,1-2H3. The van der Waals surface area contributed by atoms with Crippen LogP contribution in [0, 0.1) is 18.3 Å². The lowest BCUT2D eigenvalue weighted by atomic mass is 10.1. The zero-order chi connectivity index (χ0) is 13.8. The van der Waals surface area contributed by atoms with Gasteiger partial charge in [0.15, 0.2) is 0 Å². The average Bonchev–Trinajstić information content (AvgIpc) is 2.46. The Morgan fingerprint density at radius 1 is 1.16 bits per heavy atom. The number of aryl methyl sites for hydroxylation is 1. The Balaban J connectivity index is 2.45. The third-order valence-electron chi connectivity index (χ3n) is 3.16. The van der Waals surface area contributed by atoms with Crippen LogP contribution in [0.15, 0.2) is 42.5 Å². The van der Waals surface area contributed by atoms with Crippen molar-refractivity contribution in [3.8, 4) is 6.07 Å². The predicted octanol–water partition coefficient (Wildman–Crippen LogP) is 4.53. The number of rotatable bonds is 3. The van der Waals surface area contributed by atoms with Gasteiger partial charge in [-0.3, -0.25) is 0 Å². The van der Waals surface area contributed by atoms with Crippen LogP contribution in [0.3, 0.4) is 0 Å². The molecule has 0 amide bonds. The summed E-state index contributed by atoms with van der Waals surface area (Å²) in [5.41, 5.74) is 5.19. The van der Waals surface area contributed by atoms with Crippen LogP contribution in [0.25, 0.3) is 0 Å².